The Labute approximate surface area is 224 Å². The standard InChI is InChI=1S/C27H42N4O5S/c1-4-9-29(10-5-2)24(33)21-20-7-8-27(37-20)22(21)25(34)31(14-17-32)23(27)26(35)30(11-6-3)13-12-28-15-18-36-19-16-28/h4,6,20-23,32H,1,3,5,7-19H2,2H3/t20-,21+,22-,23?,27?/m0/s1. The maximum absolute atomic E-state index is 14.2. The number of β-amino-alcohol motifs (C(OH)–C–C–N with tert-alkyl or cyclic N) is 1. The zero-order valence-electron chi connectivity index (χ0n) is 22.1. The molecule has 2 bridgehead atoms. The summed E-state index contributed by atoms with van der Waals surface area (Å²) in [6.45, 7) is 15.3. The van der Waals surface area contributed by atoms with E-state index in [1.165, 1.54) is 0 Å². The van der Waals surface area contributed by atoms with Crippen molar-refractivity contribution in [2.24, 2.45) is 11.8 Å². The van der Waals surface area contributed by atoms with Crippen LogP contribution in [0.2, 0.25) is 0 Å². The monoisotopic (exact) mass is 534 g/mol. The van der Waals surface area contributed by atoms with Gasteiger partial charge in [0.2, 0.25) is 17.7 Å². The first-order chi connectivity index (χ1) is 17.9. The summed E-state index contributed by atoms with van der Waals surface area (Å²) < 4.78 is 4.81. The minimum Gasteiger partial charge on any atom is -0.395 e. The lowest BCUT2D eigenvalue weighted by Gasteiger charge is -2.38. The number of hydrogen-bond donors (Lipinski definition) is 1. The van der Waals surface area contributed by atoms with Gasteiger partial charge in [0, 0.05) is 57.6 Å². The molecular formula is C27H42N4O5S. The number of carbonyl (C=O) groups excluding carboxylic acids is 3. The average molecular weight is 535 g/mol. The molecule has 0 aromatic heterocycles. The van der Waals surface area contributed by atoms with Gasteiger partial charge in [-0.1, -0.05) is 19.1 Å². The maximum atomic E-state index is 14.2. The predicted octanol–water partition coefficient (Wildman–Crippen LogP) is 0.841. The molecule has 0 saturated carbocycles. The van der Waals surface area contributed by atoms with Crippen LogP contribution >= 0.6 is 11.8 Å². The number of nitrogens with zero attached hydrogens (tertiary/aromatic N) is 4. The highest BCUT2D eigenvalue weighted by Gasteiger charge is 2.73. The zero-order chi connectivity index (χ0) is 26.6. The Morgan fingerprint density at radius 2 is 1.81 bits per heavy atom. The van der Waals surface area contributed by atoms with E-state index in [2.05, 4.69) is 18.1 Å². The second-order valence-electron chi connectivity index (χ2n) is 10.4. The summed E-state index contributed by atoms with van der Waals surface area (Å²) in [5.74, 6) is -1.26. The lowest BCUT2D eigenvalue weighted by atomic mass is 9.70. The van der Waals surface area contributed by atoms with Gasteiger partial charge in [-0.25, -0.2) is 0 Å². The first kappa shape index (κ1) is 28.1. The molecule has 4 aliphatic rings. The van der Waals surface area contributed by atoms with E-state index >= 15 is 0 Å². The summed E-state index contributed by atoms with van der Waals surface area (Å²) >= 11 is 1.67. The van der Waals surface area contributed by atoms with Crippen LogP contribution in [0.15, 0.2) is 25.3 Å². The highest BCUT2D eigenvalue weighted by molar-refractivity contribution is 8.02. The number of aliphatic hydroxyl groups is 1. The van der Waals surface area contributed by atoms with Crippen molar-refractivity contribution >= 4 is 29.5 Å². The molecule has 0 radical (unpaired) electrons. The zero-order valence-corrected chi connectivity index (χ0v) is 22.9. The fraction of sp³-hybridized carbons (Fsp3) is 0.741. The van der Waals surface area contributed by atoms with E-state index in [4.69, 9.17) is 4.74 Å². The normalized spacial score (nSPS) is 30.9. The Morgan fingerprint density at radius 1 is 1.14 bits per heavy atom. The van der Waals surface area contributed by atoms with Crippen molar-refractivity contribution in [2.75, 3.05) is 72.2 Å². The summed E-state index contributed by atoms with van der Waals surface area (Å²) in [6, 6.07) is -0.686. The van der Waals surface area contributed by atoms with Gasteiger partial charge in [-0.3, -0.25) is 19.3 Å². The van der Waals surface area contributed by atoms with E-state index in [-0.39, 0.29) is 36.1 Å². The van der Waals surface area contributed by atoms with Crippen LogP contribution in [-0.4, -0.2) is 131 Å². The molecule has 4 aliphatic heterocycles. The molecule has 4 fully saturated rings. The summed E-state index contributed by atoms with van der Waals surface area (Å²) in [6.07, 6.45) is 5.81. The van der Waals surface area contributed by atoms with Gasteiger partial charge in [-0.15, -0.1) is 24.9 Å². The number of likely N-dealkylation sites (tertiary alicyclic amines) is 1. The van der Waals surface area contributed by atoms with Gasteiger partial charge in [-0.2, -0.15) is 0 Å². The fourth-order valence-electron chi connectivity index (χ4n) is 6.70. The summed E-state index contributed by atoms with van der Waals surface area (Å²) in [4.78, 5) is 49.4. The second kappa shape index (κ2) is 12.3. The van der Waals surface area contributed by atoms with E-state index in [0.29, 0.717) is 39.4 Å². The number of ether oxygens (including phenoxy) is 1. The molecule has 3 amide bonds. The number of thioether (sulfide) groups is 1. The minimum absolute atomic E-state index is 0.00788. The first-order valence-electron chi connectivity index (χ1n) is 13.6. The number of morpholine rings is 1. The topological polar surface area (TPSA) is 93.6 Å². The lowest BCUT2D eigenvalue weighted by molar-refractivity contribution is -0.145. The third kappa shape index (κ3) is 5.22. The van der Waals surface area contributed by atoms with Crippen LogP contribution in [-0.2, 0) is 19.1 Å². The molecule has 4 rings (SSSR count). The van der Waals surface area contributed by atoms with Crippen molar-refractivity contribution in [3.8, 4) is 0 Å². The van der Waals surface area contributed by atoms with E-state index in [9.17, 15) is 19.5 Å². The highest BCUT2D eigenvalue weighted by atomic mass is 32.2. The number of aliphatic hydroxyl groups excluding tert-OH is 1. The van der Waals surface area contributed by atoms with Crippen LogP contribution in [0.3, 0.4) is 0 Å². The van der Waals surface area contributed by atoms with E-state index < -0.39 is 22.6 Å². The van der Waals surface area contributed by atoms with E-state index in [1.807, 2.05) is 6.92 Å². The molecule has 9 nitrogen and oxygen atoms in total. The molecule has 4 saturated heterocycles. The number of hydrogen-bond acceptors (Lipinski definition) is 7. The smallest absolute Gasteiger partial charge is 0.247 e. The van der Waals surface area contributed by atoms with Crippen LogP contribution in [0, 0.1) is 11.8 Å². The van der Waals surface area contributed by atoms with Crippen molar-refractivity contribution in [1.82, 2.24) is 19.6 Å². The maximum Gasteiger partial charge on any atom is 0.247 e. The molecule has 5 atom stereocenters. The molecule has 206 valence electrons. The van der Waals surface area contributed by atoms with E-state index in [1.54, 1.807) is 38.6 Å². The second-order valence-corrected chi connectivity index (χ2v) is 12.0. The lowest BCUT2D eigenvalue weighted by Crippen LogP contribution is -2.56. The Hall–Kier alpha value is -1.88. The van der Waals surface area contributed by atoms with Crippen LogP contribution in [0.5, 0.6) is 0 Å². The molecule has 4 heterocycles. The SMILES string of the molecule is C=CCN(CCN1CCOCC1)C(=O)C1N(CCO)C(=O)[C@@H]2[C@H](C(=O)N(CC=C)CCC)[C@@H]3CCC12S3. The molecule has 37 heavy (non-hydrogen) atoms. The number of rotatable bonds is 13. The molecule has 1 spiro atoms. The van der Waals surface area contributed by atoms with Crippen LogP contribution in [0.4, 0.5) is 0 Å². The van der Waals surface area contributed by atoms with Gasteiger partial charge < -0.3 is 24.5 Å². The molecule has 1 N–H and O–H groups in total. The van der Waals surface area contributed by atoms with Gasteiger partial charge in [0.05, 0.1) is 36.4 Å². The Bertz CT molecular complexity index is 881. The molecule has 10 heteroatoms. The van der Waals surface area contributed by atoms with Crippen LogP contribution in [0.25, 0.3) is 0 Å². The number of amides is 3. The van der Waals surface area contributed by atoms with Gasteiger partial charge in [0.25, 0.3) is 0 Å². The Morgan fingerprint density at radius 3 is 2.43 bits per heavy atom. The quantitative estimate of drug-likeness (QED) is 0.350. The average Bonchev–Trinajstić information content (AvgIpc) is 3.54. The fourth-order valence-corrected chi connectivity index (χ4v) is 8.90. The molecule has 0 aliphatic carbocycles. The van der Waals surface area contributed by atoms with Crippen molar-refractivity contribution in [3.63, 3.8) is 0 Å². The molecule has 2 unspecified atom stereocenters. The summed E-state index contributed by atoms with van der Waals surface area (Å²) in [5.41, 5.74) is 0. The summed E-state index contributed by atoms with van der Waals surface area (Å²) in [7, 11) is 0. The van der Waals surface area contributed by atoms with Crippen molar-refractivity contribution in [2.45, 2.75) is 42.2 Å². The van der Waals surface area contributed by atoms with Crippen LogP contribution in [0.1, 0.15) is 26.2 Å². The van der Waals surface area contributed by atoms with Gasteiger partial charge in [-0.05, 0) is 19.3 Å². The molecular weight excluding hydrogens is 492 g/mol. The number of carbonyl (C=O) groups is 3. The third-order valence-electron chi connectivity index (χ3n) is 8.27. The van der Waals surface area contributed by atoms with Crippen molar-refractivity contribution in [1.29, 1.82) is 0 Å². The molecule has 0 aromatic rings. The van der Waals surface area contributed by atoms with Gasteiger partial charge in [0.15, 0.2) is 0 Å². The van der Waals surface area contributed by atoms with Crippen molar-refractivity contribution in [3.05, 3.63) is 25.3 Å². The van der Waals surface area contributed by atoms with E-state index in [0.717, 1.165) is 38.9 Å². The first-order valence-corrected chi connectivity index (χ1v) is 14.5. The van der Waals surface area contributed by atoms with Gasteiger partial charge >= 0.3 is 0 Å². The Kier molecular flexibility index (Phi) is 9.37. The number of fused-ring (bicyclic) bond motifs is 1. The largest absolute Gasteiger partial charge is 0.395 e. The highest BCUT2D eigenvalue weighted by Crippen LogP contribution is 2.66. The minimum atomic E-state index is -0.686. The Balaban J connectivity index is 1.61. The van der Waals surface area contributed by atoms with Crippen molar-refractivity contribution < 1.29 is 24.2 Å². The predicted molar refractivity (Wildman–Crippen MR) is 144 cm³/mol. The third-order valence-corrected chi connectivity index (χ3v) is 10.2. The summed E-state index contributed by atoms with van der Waals surface area (Å²) in [5, 5.41) is 9.87. The molecule has 0 aromatic carbocycles. The van der Waals surface area contributed by atoms with Gasteiger partial charge in [0.1, 0.15) is 6.04 Å². The van der Waals surface area contributed by atoms with Crippen LogP contribution < -0.4 is 0 Å².